The van der Waals surface area contributed by atoms with Gasteiger partial charge in [0.2, 0.25) is 5.91 Å². The molecule has 0 aliphatic carbocycles. The Hall–Kier alpha value is -3.72. The summed E-state index contributed by atoms with van der Waals surface area (Å²) in [4.78, 5) is 30.6. The van der Waals surface area contributed by atoms with E-state index in [1.54, 1.807) is 0 Å². The predicted molar refractivity (Wildman–Crippen MR) is 127 cm³/mol. The number of nitrogen functional groups attached to an aromatic ring is 1. The highest BCUT2D eigenvalue weighted by Crippen LogP contribution is 2.28. The first kappa shape index (κ1) is 19.9. The number of amides is 1. The third kappa shape index (κ3) is 3.74. The van der Waals surface area contributed by atoms with E-state index in [0.29, 0.717) is 18.7 Å². The first-order valence-electron chi connectivity index (χ1n) is 11.3. The van der Waals surface area contributed by atoms with Gasteiger partial charge in [0.15, 0.2) is 5.58 Å². The van der Waals surface area contributed by atoms with Crippen molar-refractivity contribution in [3.63, 3.8) is 0 Å². The Kier molecular flexibility index (Phi) is 4.83. The summed E-state index contributed by atoms with van der Waals surface area (Å²) in [6, 6.07) is 12.0. The molecule has 4 aromatic rings. The summed E-state index contributed by atoms with van der Waals surface area (Å²) in [5.41, 5.74) is 10.8. The maximum absolute atomic E-state index is 12.7. The van der Waals surface area contributed by atoms with Gasteiger partial charge in [-0.1, -0.05) is 12.1 Å². The molecule has 2 aromatic heterocycles. The number of hydrogen-bond acceptors (Lipinski definition) is 8. The van der Waals surface area contributed by atoms with Crippen LogP contribution in [-0.2, 0) is 4.79 Å². The van der Waals surface area contributed by atoms with Gasteiger partial charge in [0.05, 0.1) is 23.3 Å². The second kappa shape index (κ2) is 8.00. The monoisotopic (exact) mass is 443 g/mol. The van der Waals surface area contributed by atoms with Gasteiger partial charge >= 0.3 is 0 Å². The first-order valence-corrected chi connectivity index (χ1v) is 11.3. The second-order valence-electron chi connectivity index (χ2n) is 8.63. The first-order chi connectivity index (χ1) is 16.1. The number of piperazine rings is 1. The van der Waals surface area contributed by atoms with E-state index >= 15 is 0 Å². The molecule has 0 unspecified atom stereocenters. The Morgan fingerprint density at radius 3 is 2.58 bits per heavy atom. The van der Waals surface area contributed by atoms with Crippen molar-refractivity contribution in [2.75, 3.05) is 43.4 Å². The minimum atomic E-state index is -0.0108. The maximum atomic E-state index is 12.7. The number of aromatic nitrogens is 3. The number of nitrogens with zero attached hydrogens (tertiary/aromatic N) is 5. The molecule has 2 saturated heterocycles. The molecular formula is C24H25N7O2. The highest BCUT2D eigenvalue weighted by Gasteiger charge is 2.29. The fraction of sp³-hybridized carbons (Fsp3) is 0.333. The summed E-state index contributed by atoms with van der Waals surface area (Å²) in [6.45, 7) is 3.85. The fourth-order valence-corrected chi connectivity index (χ4v) is 4.73. The molecule has 9 nitrogen and oxygen atoms in total. The lowest BCUT2D eigenvalue weighted by Gasteiger charge is -2.36. The highest BCUT2D eigenvalue weighted by atomic mass is 16.4. The van der Waals surface area contributed by atoms with E-state index in [1.165, 1.54) is 0 Å². The van der Waals surface area contributed by atoms with Gasteiger partial charge in [-0.2, -0.15) is 4.98 Å². The van der Waals surface area contributed by atoms with Gasteiger partial charge in [-0.25, -0.2) is 4.98 Å². The van der Waals surface area contributed by atoms with Crippen molar-refractivity contribution in [2.24, 2.45) is 0 Å². The number of fused-ring (bicyclic) bond motifs is 2. The number of nitrogens with two attached hydrogens (primary N) is 1. The highest BCUT2D eigenvalue weighted by molar-refractivity contribution is 5.86. The molecule has 1 amide bonds. The molecule has 6 rings (SSSR count). The molecular weight excluding hydrogens is 418 g/mol. The van der Waals surface area contributed by atoms with Crippen molar-refractivity contribution in [2.45, 2.75) is 18.9 Å². The molecule has 168 valence electrons. The summed E-state index contributed by atoms with van der Waals surface area (Å²) in [7, 11) is 0. The number of oxazole rings is 1. The number of benzene rings is 2. The number of nitrogens with one attached hydrogen (secondary N) is 1. The smallest absolute Gasteiger partial charge is 0.292 e. The molecule has 0 saturated carbocycles. The Labute approximate surface area is 190 Å². The Bertz CT molecular complexity index is 1340. The SMILES string of the molecule is Nc1nc2cc(-c3ccc4ncc(N5CCN(C(=O)[C@H]6CCCN6)CC5)nc4c3)ccc2o1. The lowest BCUT2D eigenvalue weighted by molar-refractivity contribution is -0.133. The van der Waals surface area contributed by atoms with E-state index < -0.39 is 0 Å². The van der Waals surface area contributed by atoms with Crippen LogP contribution in [0.15, 0.2) is 47.0 Å². The predicted octanol–water partition coefficient (Wildman–Crippen LogP) is 2.42. The van der Waals surface area contributed by atoms with E-state index in [4.69, 9.17) is 15.1 Å². The quantitative estimate of drug-likeness (QED) is 0.496. The van der Waals surface area contributed by atoms with Crippen LogP contribution in [0.4, 0.5) is 11.8 Å². The molecule has 9 heteroatoms. The summed E-state index contributed by atoms with van der Waals surface area (Å²) in [5, 5.41) is 3.30. The Morgan fingerprint density at radius 2 is 1.79 bits per heavy atom. The van der Waals surface area contributed by atoms with Crippen LogP contribution in [-0.4, -0.2) is 64.5 Å². The third-order valence-electron chi connectivity index (χ3n) is 6.54. The van der Waals surface area contributed by atoms with Gasteiger partial charge in [0, 0.05) is 26.2 Å². The second-order valence-corrected chi connectivity index (χ2v) is 8.63. The zero-order valence-corrected chi connectivity index (χ0v) is 18.2. The summed E-state index contributed by atoms with van der Waals surface area (Å²) < 4.78 is 5.37. The molecule has 2 aliphatic rings. The molecule has 2 fully saturated rings. The normalized spacial score (nSPS) is 19.0. The average molecular weight is 444 g/mol. The maximum Gasteiger partial charge on any atom is 0.292 e. The van der Waals surface area contributed by atoms with Crippen LogP contribution in [0.1, 0.15) is 12.8 Å². The van der Waals surface area contributed by atoms with Crippen molar-refractivity contribution in [1.29, 1.82) is 0 Å². The molecule has 3 N–H and O–H groups in total. The zero-order chi connectivity index (χ0) is 22.4. The van der Waals surface area contributed by atoms with Gasteiger partial charge in [0.1, 0.15) is 11.3 Å². The van der Waals surface area contributed by atoms with Crippen LogP contribution in [0.25, 0.3) is 33.3 Å². The van der Waals surface area contributed by atoms with Crippen LogP contribution in [0.2, 0.25) is 0 Å². The molecule has 2 aromatic carbocycles. The van der Waals surface area contributed by atoms with Gasteiger partial charge < -0.3 is 25.3 Å². The molecule has 2 aliphatic heterocycles. The van der Waals surface area contributed by atoms with E-state index in [2.05, 4.69) is 20.2 Å². The summed E-state index contributed by atoms with van der Waals surface area (Å²) in [6.07, 6.45) is 3.84. The Morgan fingerprint density at radius 1 is 1.00 bits per heavy atom. The topological polar surface area (TPSA) is 113 Å². The third-order valence-corrected chi connectivity index (χ3v) is 6.54. The van der Waals surface area contributed by atoms with Crippen LogP contribution in [0, 0.1) is 0 Å². The van der Waals surface area contributed by atoms with Crippen molar-refractivity contribution in [1.82, 2.24) is 25.2 Å². The van der Waals surface area contributed by atoms with E-state index in [9.17, 15) is 4.79 Å². The standard InChI is InChI=1S/C24H25N7O2/c25-24-29-20-13-16(4-6-21(20)33-24)15-3-5-17-19(12-15)28-22(14-27-17)30-8-10-31(11-9-30)23(32)18-2-1-7-26-18/h3-6,12-14,18,26H,1-2,7-11H2,(H2,25,29)/t18-/m1/s1. The summed E-state index contributed by atoms with van der Waals surface area (Å²) >= 11 is 0. The molecule has 0 radical (unpaired) electrons. The van der Waals surface area contributed by atoms with Crippen LogP contribution in [0.5, 0.6) is 0 Å². The van der Waals surface area contributed by atoms with Gasteiger partial charge in [-0.15, -0.1) is 0 Å². The minimum absolute atomic E-state index is 0.0108. The zero-order valence-electron chi connectivity index (χ0n) is 18.2. The lowest BCUT2D eigenvalue weighted by atomic mass is 10.0. The molecule has 33 heavy (non-hydrogen) atoms. The number of carbonyl (C=O) groups excluding carboxylic acids is 1. The van der Waals surface area contributed by atoms with E-state index in [1.807, 2.05) is 47.5 Å². The van der Waals surface area contributed by atoms with E-state index in [-0.39, 0.29) is 18.0 Å². The molecule has 0 bridgehead atoms. The van der Waals surface area contributed by atoms with Crippen LogP contribution < -0.4 is 16.0 Å². The van der Waals surface area contributed by atoms with Crippen molar-refractivity contribution in [3.8, 4) is 11.1 Å². The van der Waals surface area contributed by atoms with Crippen LogP contribution >= 0.6 is 0 Å². The van der Waals surface area contributed by atoms with Gasteiger partial charge in [0.25, 0.3) is 6.01 Å². The minimum Gasteiger partial charge on any atom is -0.424 e. The average Bonchev–Trinajstić information content (AvgIpc) is 3.51. The van der Waals surface area contributed by atoms with Crippen molar-refractivity contribution in [3.05, 3.63) is 42.6 Å². The number of hydrogen-bond donors (Lipinski definition) is 2. The van der Waals surface area contributed by atoms with Gasteiger partial charge in [-0.05, 0) is 54.8 Å². The fourth-order valence-electron chi connectivity index (χ4n) is 4.73. The number of rotatable bonds is 3. The van der Waals surface area contributed by atoms with Crippen molar-refractivity contribution >= 4 is 39.9 Å². The van der Waals surface area contributed by atoms with Crippen molar-refractivity contribution < 1.29 is 9.21 Å². The number of anilines is 2. The molecule has 4 heterocycles. The Balaban J connectivity index is 1.22. The summed E-state index contributed by atoms with van der Waals surface area (Å²) in [5.74, 6) is 1.07. The lowest BCUT2D eigenvalue weighted by Crippen LogP contribution is -2.53. The van der Waals surface area contributed by atoms with Crippen LogP contribution in [0.3, 0.4) is 0 Å². The largest absolute Gasteiger partial charge is 0.424 e. The van der Waals surface area contributed by atoms with Gasteiger partial charge in [-0.3, -0.25) is 9.78 Å². The molecule has 0 spiro atoms. The number of carbonyl (C=O) groups is 1. The molecule has 1 atom stereocenters. The van der Waals surface area contributed by atoms with E-state index in [0.717, 1.165) is 66.0 Å².